The summed E-state index contributed by atoms with van der Waals surface area (Å²) in [6, 6.07) is 10.3. The molecule has 1 aromatic carbocycles. The normalized spacial score (nSPS) is 20.2. The summed E-state index contributed by atoms with van der Waals surface area (Å²) in [5.41, 5.74) is 4.80. The number of morpholine rings is 1. The van der Waals surface area contributed by atoms with Crippen LogP contribution in [0.2, 0.25) is 0 Å². The number of para-hydroxylation sites is 1. The number of pyridine rings is 1. The highest BCUT2D eigenvalue weighted by atomic mass is 16.5. The zero-order valence-corrected chi connectivity index (χ0v) is 11.7. The van der Waals surface area contributed by atoms with Gasteiger partial charge < -0.3 is 10.2 Å². The van der Waals surface area contributed by atoms with Gasteiger partial charge >= 0.3 is 0 Å². The Morgan fingerprint density at radius 3 is 3.10 bits per heavy atom. The van der Waals surface area contributed by atoms with Crippen molar-refractivity contribution in [2.24, 2.45) is 5.84 Å². The van der Waals surface area contributed by atoms with Crippen molar-refractivity contribution < 1.29 is 4.74 Å². The smallest absolute Gasteiger partial charge is 0.145 e. The molecule has 1 atom stereocenters. The van der Waals surface area contributed by atoms with Crippen LogP contribution in [0, 0.1) is 0 Å². The molecule has 0 saturated carbocycles. The Bertz CT molecular complexity index is 601. The first kappa shape index (κ1) is 13.3. The van der Waals surface area contributed by atoms with Gasteiger partial charge in [-0.1, -0.05) is 18.2 Å². The van der Waals surface area contributed by atoms with E-state index in [1.807, 2.05) is 18.2 Å². The van der Waals surface area contributed by atoms with Crippen LogP contribution in [0.1, 0.15) is 12.5 Å². The van der Waals surface area contributed by atoms with Crippen molar-refractivity contribution in [1.29, 1.82) is 0 Å². The number of rotatable bonds is 3. The van der Waals surface area contributed by atoms with Crippen molar-refractivity contribution in [1.82, 2.24) is 9.88 Å². The Balaban J connectivity index is 1.89. The Morgan fingerprint density at radius 2 is 2.30 bits per heavy atom. The van der Waals surface area contributed by atoms with Gasteiger partial charge in [0.05, 0.1) is 18.2 Å². The van der Waals surface area contributed by atoms with E-state index in [1.165, 1.54) is 0 Å². The van der Waals surface area contributed by atoms with E-state index in [1.54, 1.807) is 0 Å². The molecule has 106 valence electrons. The second-order valence-corrected chi connectivity index (χ2v) is 5.25. The zero-order chi connectivity index (χ0) is 13.9. The highest BCUT2D eigenvalue weighted by molar-refractivity contribution is 5.81. The van der Waals surface area contributed by atoms with E-state index in [-0.39, 0.29) is 6.10 Å². The molecule has 3 N–H and O–H groups in total. The van der Waals surface area contributed by atoms with E-state index in [0.29, 0.717) is 0 Å². The number of nitrogen functional groups attached to an aromatic ring is 1. The molecule has 5 heteroatoms. The minimum atomic E-state index is 0.284. The van der Waals surface area contributed by atoms with Crippen molar-refractivity contribution in [3.8, 4) is 0 Å². The van der Waals surface area contributed by atoms with Crippen LogP contribution >= 0.6 is 0 Å². The fourth-order valence-electron chi connectivity index (χ4n) is 2.68. The maximum Gasteiger partial charge on any atom is 0.145 e. The minimum absolute atomic E-state index is 0.284. The molecule has 1 saturated heterocycles. The van der Waals surface area contributed by atoms with Gasteiger partial charge in [0, 0.05) is 30.6 Å². The van der Waals surface area contributed by atoms with Crippen LogP contribution in [-0.4, -0.2) is 35.7 Å². The van der Waals surface area contributed by atoms with E-state index < -0.39 is 0 Å². The standard InChI is InChI=1S/C15H20N4O/c1-11-9-19(6-7-20-11)10-13-8-12-4-2-3-5-14(12)17-15(13)18-16/h2-5,8,11H,6-7,9-10,16H2,1H3,(H,17,18). The lowest BCUT2D eigenvalue weighted by Gasteiger charge is -2.31. The van der Waals surface area contributed by atoms with E-state index in [4.69, 9.17) is 10.6 Å². The highest BCUT2D eigenvalue weighted by Gasteiger charge is 2.18. The quantitative estimate of drug-likeness (QED) is 0.658. The van der Waals surface area contributed by atoms with Gasteiger partial charge in [-0.2, -0.15) is 0 Å². The molecule has 3 rings (SSSR count). The minimum Gasteiger partial charge on any atom is -0.376 e. The SMILES string of the molecule is CC1CN(Cc2cc3ccccc3nc2NN)CCO1. The van der Waals surface area contributed by atoms with Crippen LogP contribution in [0.25, 0.3) is 10.9 Å². The first-order valence-corrected chi connectivity index (χ1v) is 6.95. The second kappa shape index (κ2) is 5.75. The van der Waals surface area contributed by atoms with Crippen molar-refractivity contribution >= 4 is 16.7 Å². The summed E-state index contributed by atoms with van der Waals surface area (Å²) < 4.78 is 5.57. The predicted octanol–water partition coefficient (Wildman–Crippen LogP) is 1.74. The fraction of sp³-hybridized carbons (Fsp3) is 0.400. The molecule has 0 amide bonds. The number of nitrogens with one attached hydrogen (secondary N) is 1. The number of ether oxygens (including phenoxy) is 1. The fourth-order valence-corrected chi connectivity index (χ4v) is 2.68. The number of fused-ring (bicyclic) bond motifs is 1. The molecule has 2 aromatic rings. The van der Waals surface area contributed by atoms with Crippen LogP contribution in [0.3, 0.4) is 0 Å². The van der Waals surface area contributed by atoms with Crippen LogP contribution in [0.15, 0.2) is 30.3 Å². The number of hydrogen-bond donors (Lipinski definition) is 2. The number of nitrogens with zero attached hydrogens (tertiary/aromatic N) is 2. The summed E-state index contributed by atoms with van der Waals surface area (Å²) in [5.74, 6) is 6.37. The molecule has 0 spiro atoms. The van der Waals surface area contributed by atoms with E-state index in [2.05, 4.69) is 34.4 Å². The third kappa shape index (κ3) is 2.75. The average molecular weight is 272 g/mol. The molecule has 0 aliphatic carbocycles. The number of hydrogen-bond acceptors (Lipinski definition) is 5. The molecule has 2 heterocycles. The number of anilines is 1. The van der Waals surface area contributed by atoms with Crippen LogP contribution in [-0.2, 0) is 11.3 Å². The molecule has 1 aliphatic heterocycles. The summed E-state index contributed by atoms with van der Waals surface area (Å²) >= 11 is 0. The first-order valence-electron chi connectivity index (χ1n) is 6.95. The molecule has 0 radical (unpaired) electrons. The molecule has 5 nitrogen and oxygen atoms in total. The lowest BCUT2D eigenvalue weighted by atomic mass is 10.1. The summed E-state index contributed by atoms with van der Waals surface area (Å²) in [4.78, 5) is 6.96. The summed E-state index contributed by atoms with van der Waals surface area (Å²) in [6.07, 6.45) is 0.284. The summed E-state index contributed by atoms with van der Waals surface area (Å²) in [5, 5.41) is 1.14. The third-order valence-corrected chi connectivity index (χ3v) is 3.66. The van der Waals surface area contributed by atoms with Gasteiger partial charge in [0.15, 0.2) is 0 Å². The molecule has 1 aromatic heterocycles. The first-order chi connectivity index (χ1) is 9.76. The monoisotopic (exact) mass is 272 g/mol. The Labute approximate surface area is 118 Å². The van der Waals surface area contributed by atoms with Crippen LogP contribution in [0.4, 0.5) is 5.82 Å². The predicted molar refractivity (Wildman–Crippen MR) is 80.2 cm³/mol. The van der Waals surface area contributed by atoms with E-state index >= 15 is 0 Å². The largest absolute Gasteiger partial charge is 0.376 e. The highest BCUT2D eigenvalue weighted by Crippen LogP contribution is 2.22. The summed E-state index contributed by atoms with van der Waals surface area (Å²) in [7, 11) is 0. The average Bonchev–Trinajstić information content (AvgIpc) is 2.46. The molecule has 1 aliphatic rings. The van der Waals surface area contributed by atoms with E-state index in [0.717, 1.165) is 48.5 Å². The van der Waals surface area contributed by atoms with Gasteiger partial charge in [-0.15, -0.1) is 0 Å². The molecular weight excluding hydrogens is 252 g/mol. The van der Waals surface area contributed by atoms with Crippen molar-refractivity contribution in [3.63, 3.8) is 0 Å². The molecule has 0 bridgehead atoms. The Hall–Kier alpha value is -1.69. The van der Waals surface area contributed by atoms with Crippen molar-refractivity contribution in [2.75, 3.05) is 25.1 Å². The maximum absolute atomic E-state index is 5.62. The topological polar surface area (TPSA) is 63.4 Å². The van der Waals surface area contributed by atoms with Gasteiger partial charge in [-0.25, -0.2) is 10.8 Å². The maximum atomic E-state index is 5.62. The second-order valence-electron chi connectivity index (χ2n) is 5.25. The van der Waals surface area contributed by atoms with Crippen LogP contribution in [0.5, 0.6) is 0 Å². The lowest BCUT2D eigenvalue weighted by molar-refractivity contribution is -0.0211. The van der Waals surface area contributed by atoms with E-state index in [9.17, 15) is 0 Å². The Kier molecular flexibility index (Phi) is 3.82. The van der Waals surface area contributed by atoms with Gasteiger partial charge in [0.1, 0.15) is 5.82 Å². The molecule has 20 heavy (non-hydrogen) atoms. The number of nitrogens with two attached hydrogens (primary N) is 1. The number of aromatic nitrogens is 1. The molecule has 1 unspecified atom stereocenters. The molecular formula is C15H20N4O. The van der Waals surface area contributed by atoms with Crippen molar-refractivity contribution in [3.05, 3.63) is 35.9 Å². The number of benzene rings is 1. The van der Waals surface area contributed by atoms with Crippen LogP contribution < -0.4 is 11.3 Å². The number of hydrazine groups is 1. The zero-order valence-electron chi connectivity index (χ0n) is 11.7. The third-order valence-electron chi connectivity index (χ3n) is 3.66. The Morgan fingerprint density at radius 1 is 1.45 bits per heavy atom. The van der Waals surface area contributed by atoms with Gasteiger partial charge in [0.25, 0.3) is 0 Å². The van der Waals surface area contributed by atoms with Gasteiger partial charge in [-0.3, -0.25) is 4.90 Å². The van der Waals surface area contributed by atoms with Gasteiger partial charge in [-0.05, 0) is 19.1 Å². The molecule has 1 fully saturated rings. The van der Waals surface area contributed by atoms with Gasteiger partial charge in [0.2, 0.25) is 0 Å². The summed E-state index contributed by atoms with van der Waals surface area (Å²) in [6.45, 7) is 5.61. The lowest BCUT2D eigenvalue weighted by Crippen LogP contribution is -2.40. The van der Waals surface area contributed by atoms with Crippen molar-refractivity contribution in [2.45, 2.75) is 19.6 Å².